The Morgan fingerprint density at radius 2 is 1.75 bits per heavy atom. The standard InChI is InChI=1S/C17H19NO2/c1-13-6-9-16(12-18-13)15-10-7-14(8-11-15)4-2-3-5-17(19)20/h6-12H,2-5H2,1H3,(H,19,20). The van der Waals surface area contributed by atoms with Gasteiger partial charge in [-0.05, 0) is 43.4 Å². The second-order valence-corrected chi connectivity index (χ2v) is 4.99. The van der Waals surface area contributed by atoms with E-state index in [0.29, 0.717) is 0 Å². The molecular formula is C17H19NO2. The molecule has 1 aromatic heterocycles. The van der Waals surface area contributed by atoms with Gasteiger partial charge in [-0.1, -0.05) is 30.3 Å². The van der Waals surface area contributed by atoms with Gasteiger partial charge < -0.3 is 5.11 Å². The second kappa shape index (κ2) is 6.85. The van der Waals surface area contributed by atoms with Crippen molar-refractivity contribution < 1.29 is 9.90 Å². The number of carboxylic acids is 1. The maximum Gasteiger partial charge on any atom is 0.303 e. The van der Waals surface area contributed by atoms with Gasteiger partial charge in [0, 0.05) is 23.9 Å². The van der Waals surface area contributed by atoms with Crippen LogP contribution >= 0.6 is 0 Å². The number of hydrogen-bond acceptors (Lipinski definition) is 2. The van der Waals surface area contributed by atoms with E-state index in [1.54, 1.807) is 0 Å². The average molecular weight is 269 g/mol. The highest BCUT2D eigenvalue weighted by Gasteiger charge is 2.00. The molecule has 0 amide bonds. The molecule has 2 aromatic rings. The molecule has 0 aliphatic heterocycles. The van der Waals surface area contributed by atoms with Crippen LogP contribution in [-0.2, 0) is 11.2 Å². The number of hydrogen-bond donors (Lipinski definition) is 1. The maximum atomic E-state index is 10.4. The minimum atomic E-state index is -0.716. The summed E-state index contributed by atoms with van der Waals surface area (Å²) in [5.74, 6) is -0.716. The highest BCUT2D eigenvalue weighted by molar-refractivity contribution is 5.66. The number of rotatable bonds is 6. The monoisotopic (exact) mass is 269 g/mol. The molecular weight excluding hydrogens is 250 g/mol. The van der Waals surface area contributed by atoms with Crippen LogP contribution in [0.15, 0.2) is 42.6 Å². The van der Waals surface area contributed by atoms with Crippen molar-refractivity contribution in [2.75, 3.05) is 0 Å². The first-order valence-electron chi connectivity index (χ1n) is 6.89. The summed E-state index contributed by atoms with van der Waals surface area (Å²) in [7, 11) is 0. The lowest BCUT2D eigenvalue weighted by Gasteiger charge is -2.04. The topological polar surface area (TPSA) is 50.2 Å². The van der Waals surface area contributed by atoms with Crippen LogP contribution in [0.2, 0.25) is 0 Å². The Hall–Kier alpha value is -2.16. The van der Waals surface area contributed by atoms with Crippen LogP contribution in [0.5, 0.6) is 0 Å². The third-order valence-corrected chi connectivity index (χ3v) is 3.30. The molecule has 0 unspecified atom stereocenters. The van der Waals surface area contributed by atoms with Crippen molar-refractivity contribution in [3.8, 4) is 11.1 Å². The summed E-state index contributed by atoms with van der Waals surface area (Å²) in [6.45, 7) is 1.98. The van der Waals surface area contributed by atoms with Gasteiger partial charge in [-0.3, -0.25) is 9.78 Å². The van der Waals surface area contributed by atoms with Crippen molar-refractivity contribution in [1.29, 1.82) is 0 Å². The van der Waals surface area contributed by atoms with Crippen molar-refractivity contribution in [3.05, 3.63) is 53.9 Å². The maximum absolute atomic E-state index is 10.4. The quantitative estimate of drug-likeness (QED) is 0.810. The summed E-state index contributed by atoms with van der Waals surface area (Å²) in [6, 6.07) is 12.5. The summed E-state index contributed by atoms with van der Waals surface area (Å²) in [4.78, 5) is 14.7. The van der Waals surface area contributed by atoms with E-state index in [9.17, 15) is 4.79 Å². The van der Waals surface area contributed by atoms with Crippen molar-refractivity contribution >= 4 is 5.97 Å². The molecule has 104 valence electrons. The molecule has 0 radical (unpaired) electrons. The highest BCUT2D eigenvalue weighted by Crippen LogP contribution is 2.19. The molecule has 1 aromatic carbocycles. The number of carbonyl (C=O) groups is 1. The molecule has 2 rings (SSSR count). The van der Waals surface area contributed by atoms with E-state index in [1.807, 2.05) is 19.2 Å². The molecule has 0 spiro atoms. The molecule has 3 heteroatoms. The molecule has 1 heterocycles. The number of aryl methyl sites for hydroxylation is 2. The van der Waals surface area contributed by atoms with Crippen LogP contribution in [0.3, 0.4) is 0 Å². The van der Waals surface area contributed by atoms with Gasteiger partial charge in [0.1, 0.15) is 0 Å². The van der Waals surface area contributed by atoms with E-state index >= 15 is 0 Å². The molecule has 0 atom stereocenters. The van der Waals surface area contributed by atoms with Crippen LogP contribution in [0.4, 0.5) is 0 Å². The SMILES string of the molecule is Cc1ccc(-c2ccc(CCCCC(=O)O)cc2)cn1. The predicted octanol–water partition coefficient (Wildman–Crippen LogP) is 3.85. The van der Waals surface area contributed by atoms with Crippen LogP contribution in [-0.4, -0.2) is 16.1 Å². The zero-order valence-corrected chi connectivity index (χ0v) is 11.7. The van der Waals surface area contributed by atoms with Crippen LogP contribution < -0.4 is 0 Å². The number of carboxylic acid groups (broad SMARTS) is 1. The van der Waals surface area contributed by atoms with Crippen molar-refractivity contribution in [3.63, 3.8) is 0 Å². The largest absolute Gasteiger partial charge is 0.481 e. The van der Waals surface area contributed by atoms with E-state index in [2.05, 4.69) is 35.3 Å². The molecule has 0 aliphatic rings. The van der Waals surface area contributed by atoms with E-state index in [1.165, 1.54) is 5.56 Å². The number of aromatic nitrogens is 1. The molecule has 3 nitrogen and oxygen atoms in total. The zero-order valence-electron chi connectivity index (χ0n) is 11.7. The molecule has 0 saturated heterocycles. The van der Waals surface area contributed by atoms with Gasteiger partial charge in [0.15, 0.2) is 0 Å². The Bertz CT molecular complexity index is 559. The minimum Gasteiger partial charge on any atom is -0.481 e. The highest BCUT2D eigenvalue weighted by atomic mass is 16.4. The van der Waals surface area contributed by atoms with Crippen LogP contribution in [0.25, 0.3) is 11.1 Å². The van der Waals surface area contributed by atoms with E-state index < -0.39 is 5.97 Å². The van der Waals surface area contributed by atoms with Gasteiger partial charge in [-0.2, -0.15) is 0 Å². The Morgan fingerprint density at radius 3 is 2.35 bits per heavy atom. The van der Waals surface area contributed by atoms with Crippen molar-refractivity contribution in [2.24, 2.45) is 0 Å². The lowest BCUT2D eigenvalue weighted by atomic mass is 10.0. The summed E-state index contributed by atoms with van der Waals surface area (Å²) >= 11 is 0. The zero-order chi connectivity index (χ0) is 14.4. The number of benzene rings is 1. The fourth-order valence-corrected chi connectivity index (χ4v) is 2.11. The fourth-order valence-electron chi connectivity index (χ4n) is 2.11. The Kier molecular flexibility index (Phi) is 4.88. The Balaban J connectivity index is 1.92. The predicted molar refractivity (Wildman–Crippen MR) is 79.6 cm³/mol. The van der Waals surface area contributed by atoms with Gasteiger partial charge in [-0.15, -0.1) is 0 Å². The second-order valence-electron chi connectivity index (χ2n) is 4.99. The lowest BCUT2D eigenvalue weighted by molar-refractivity contribution is -0.137. The molecule has 0 bridgehead atoms. The molecule has 0 fully saturated rings. The third-order valence-electron chi connectivity index (χ3n) is 3.30. The third kappa shape index (κ3) is 4.19. The lowest BCUT2D eigenvalue weighted by Crippen LogP contribution is -1.94. The van der Waals surface area contributed by atoms with Gasteiger partial charge in [0.25, 0.3) is 0 Å². The van der Waals surface area contributed by atoms with Crippen LogP contribution in [0.1, 0.15) is 30.5 Å². The number of pyridine rings is 1. The summed E-state index contributed by atoms with van der Waals surface area (Å²) < 4.78 is 0. The first-order valence-corrected chi connectivity index (χ1v) is 6.89. The summed E-state index contributed by atoms with van der Waals surface area (Å²) in [5.41, 5.74) is 4.54. The Labute approximate surface area is 119 Å². The molecule has 0 saturated carbocycles. The fraction of sp³-hybridized carbons (Fsp3) is 0.294. The van der Waals surface area contributed by atoms with Gasteiger partial charge in [0.05, 0.1) is 0 Å². The average Bonchev–Trinajstić information content (AvgIpc) is 2.45. The normalized spacial score (nSPS) is 10.4. The van der Waals surface area contributed by atoms with Crippen molar-refractivity contribution in [1.82, 2.24) is 4.98 Å². The Morgan fingerprint density at radius 1 is 1.05 bits per heavy atom. The minimum absolute atomic E-state index is 0.257. The molecule has 1 N–H and O–H groups in total. The molecule has 0 aliphatic carbocycles. The van der Waals surface area contributed by atoms with Crippen molar-refractivity contribution in [2.45, 2.75) is 32.6 Å². The van der Waals surface area contributed by atoms with Gasteiger partial charge >= 0.3 is 5.97 Å². The van der Waals surface area contributed by atoms with Gasteiger partial charge in [-0.25, -0.2) is 0 Å². The number of aliphatic carboxylic acids is 1. The first-order chi connectivity index (χ1) is 9.65. The van der Waals surface area contributed by atoms with Crippen LogP contribution in [0, 0.1) is 6.92 Å². The number of unbranched alkanes of at least 4 members (excludes halogenated alkanes) is 1. The smallest absolute Gasteiger partial charge is 0.303 e. The first kappa shape index (κ1) is 14.3. The molecule has 20 heavy (non-hydrogen) atoms. The van der Waals surface area contributed by atoms with E-state index in [4.69, 9.17) is 5.11 Å². The number of nitrogens with zero attached hydrogens (tertiary/aromatic N) is 1. The van der Waals surface area contributed by atoms with E-state index in [0.717, 1.165) is 36.1 Å². The summed E-state index contributed by atoms with van der Waals surface area (Å²) in [5, 5.41) is 8.59. The van der Waals surface area contributed by atoms with E-state index in [-0.39, 0.29) is 6.42 Å². The summed E-state index contributed by atoms with van der Waals surface area (Å²) in [6.07, 6.45) is 4.72. The van der Waals surface area contributed by atoms with Gasteiger partial charge in [0.2, 0.25) is 0 Å².